The average Bonchev–Trinajstić information content (AvgIpc) is 3.62. The van der Waals surface area contributed by atoms with Gasteiger partial charge in [-0.1, -0.05) is 38.5 Å². The largest absolute Gasteiger partial charge is 0.317 e. The van der Waals surface area contributed by atoms with E-state index in [1.54, 1.807) is 0 Å². The first-order valence-electron chi connectivity index (χ1n) is 27.0. The fourth-order valence-electron chi connectivity index (χ4n) is 13.2. The van der Waals surface area contributed by atoms with Crippen LogP contribution in [0.5, 0.6) is 0 Å². The molecule has 0 aromatic rings. The molecule has 8 aliphatic heterocycles. The van der Waals surface area contributed by atoms with Gasteiger partial charge in [0, 0.05) is 107 Å². The SMILES string of the molecule is CC(C)N1CC2(CCCCC2)C1.CC(C)N1CC2(CCCNC2)C1.CC(C)N1CC2(CCNCC2)C1.CC(C)N1CCC2(CCCCC2)C1.CC(C)N1CCC2(CCN2)CC1. The van der Waals surface area contributed by atoms with Crippen LogP contribution in [0.1, 0.15) is 185 Å². The summed E-state index contributed by atoms with van der Waals surface area (Å²) in [6, 6.07) is 3.78. The zero-order valence-electron chi connectivity index (χ0n) is 42.5. The summed E-state index contributed by atoms with van der Waals surface area (Å²) in [6.07, 6.45) is 26.2. The molecule has 0 amide bonds. The van der Waals surface area contributed by atoms with Crippen LogP contribution >= 0.6 is 0 Å². The van der Waals surface area contributed by atoms with Gasteiger partial charge in [-0.2, -0.15) is 0 Å². The highest BCUT2D eigenvalue weighted by molar-refractivity contribution is 5.02. The highest BCUT2D eigenvalue weighted by Gasteiger charge is 2.46. The summed E-state index contributed by atoms with van der Waals surface area (Å²) in [5.74, 6) is 0. The molecule has 2 saturated carbocycles. The fourth-order valence-corrected chi connectivity index (χ4v) is 13.2. The number of rotatable bonds is 5. The van der Waals surface area contributed by atoms with Gasteiger partial charge in [0.15, 0.2) is 0 Å². The van der Waals surface area contributed by atoms with Crippen molar-refractivity contribution in [3.63, 3.8) is 0 Å². The molecular formula is C53H104N8. The maximum atomic E-state index is 3.59. The van der Waals surface area contributed by atoms with Gasteiger partial charge in [0.2, 0.25) is 0 Å². The summed E-state index contributed by atoms with van der Waals surface area (Å²) in [7, 11) is 0. The van der Waals surface area contributed by atoms with Gasteiger partial charge in [-0.15, -0.1) is 0 Å². The Morgan fingerprint density at radius 3 is 1.10 bits per heavy atom. The van der Waals surface area contributed by atoms with Crippen LogP contribution < -0.4 is 16.0 Å². The number of hydrogen-bond donors (Lipinski definition) is 3. The predicted molar refractivity (Wildman–Crippen MR) is 263 cm³/mol. The van der Waals surface area contributed by atoms with Crippen molar-refractivity contribution in [1.82, 2.24) is 40.4 Å². The van der Waals surface area contributed by atoms with E-state index in [0.717, 1.165) is 46.5 Å². The van der Waals surface area contributed by atoms with E-state index in [2.05, 4.69) is 110 Å². The monoisotopic (exact) mass is 853 g/mol. The Bertz CT molecular complexity index is 1130. The van der Waals surface area contributed by atoms with Crippen LogP contribution in [0.3, 0.4) is 0 Å². The Hall–Kier alpha value is -0.320. The maximum absolute atomic E-state index is 3.59. The van der Waals surface area contributed by atoms with E-state index in [1.165, 1.54) is 214 Å². The van der Waals surface area contributed by atoms with E-state index < -0.39 is 0 Å². The van der Waals surface area contributed by atoms with E-state index in [-0.39, 0.29) is 0 Å². The molecule has 8 saturated heterocycles. The molecule has 3 N–H and O–H groups in total. The standard InChI is InChI=1S/C12H23N.C11H21N.3C10H20N2/c1-11(2)13-9-8-12(10-13)6-4-3-5-7-12;1-10(2)12-8-11(9-12)6-4-3-5-7-11;1-9(2)12-7-4-10(5-8-12)3-6-11-10;1-9(2)12-7-10(8-12)3-5-11-6-4-10;1-9(2)12-7-10(8-12)4-3-5-11-6-10/h11H,3-10H2,1-2H3;10H,3-9H2,1-2H3;3*9,11H,3-8H2,1-2H3. The Balaban J connectivity index is 0.000000128. The fraction of sp³-hybridized carbons (Fsp3) is 1.00. The van der Waals surface area contributed by atoms with Gasteiger partial charge in [-0.25, -0.2) is 0 Å². The average molecular weight is 853 g/mol. The van der Waals surface area contributed by atoms with Gasteiger partial charge in [-0.05, 0) is 195 Å². The molecule has 0 unspecified atom stereocenters. The van der Waals surface area contributed by atoms with Crippen molar-refractivity contribution in [1.29, 1.82) is 0 Å². The third-order valence-corrected chi connectivity index (χ3v) is 18.3. The first kappa shape index (κ1) is 50.1. The minimum Gasteiger partial charge on any atom is -0.317 e. The first-order valence-corrected chi connectivity index (χ1v) is 27.0. The molecular weight excluding hydrogens is 749 g/mol. The molecule has 0 aromatic carbocycles. The molecule has 61 heavy (non-hydrogen) atoms. The molecule has 356 valence electrons. The van der Waals surface area contributed by atoms with Crippen molar-refractivity contribution in [2.45, 2.75) is 221 Å². The van der Waals surface area contributed by atoms with Gasteiger partial charge >= 0.3 is 0 Å². The van der Waals surface area contributed by atoms with Crippen molar-refractivity contribution in [3.8, 4) is 0 Å². The number of nitrogens with one attached hydrogen (secondary N) is 3. The molecule has 2 aliphatic carbocycles. The molecule has 10 rings (SSSR count). The van der Waals surface area contributed by atoms with E-state index >= 15 is 0 Å². The molecule has 8 heteroatoms. The summed E-state index contributed by atoms with van der Waals surface area (Å²) in [6.45, 7) is 42.8. The zero-order chi connectivity index (χ0) is 43.7. The Morgan fingerprint density at radius 1 is 0.311 bits per heavy atom. The molecule has 0 radical (unpaired) electrons. The number of piperidine rings is 3. The maximum Gasteiger partial charge on any atom is 0.0217 e. The van der Waals surface area contributed by atoms with Crippen molar-refractivity contribution in [2.75, 3.05) is 98.2 Å². The van der Waals surface area contributed by atoms with Crippen molar-refractivity contribution in [2.24, 2.45) is 21.7 Å². The molecule has 0 aromatic heterocycles. The molecule has 0 atom stereocenters. The molecule has 10 fully saturated rings. The van der Waals surface area contributed by atoms with Gasteiger partial charge in [0.05, 0.1) is 0 Å². The van der Waals surface area contributed by atoms with Crippen LogP contribution in [-0.2, 0) is 0 Å². The quantitative estimate of drug-likeness (QED) is 0.254. The lowest BCUT2D eigenvalue weighted by Crippen LogP contribution is -2.63. The summed E-state index contributed by atoms with van der Waals surface area (Å²) in [5, 5.41) is 10.5. The summed E-state index contributed by atoms with van der Waals surface area (Å²) >= 11 is 0. The Labute approximate surface area is 379 Å². The molecule has 5 spiro atoms. The third-order valence-electron chi connectivity index (χ3n) is 18.3. The second-order valence-corrected chi connectivity index (χ2v) is 24.5. The zero-order valence-corrected chi connectivity index (χ0v) is 42.5. The molecule has 10 aliphatic rings. The minimum atomic E-state index is 0.575. The first-order chi connectivity index (χ1) is 29.1. The molecule has 0 bridgehead atoms. The Kier molecular flexibility index (Phi) is 18.4. The van der Waals surface area contributed by atoms with Crippen molar-refractivity contribution in [3.05, 3.63) is 0 Å². The van der Waals surface area contributed by atoms with E-state index in [0.29, 0.717) is 11.0 Å². The lowest BCUT2D eigenvalue weighted by molar-refractivity contribution is -0.0465. The van der Waals surface area contributed by atoms with Crippen LogP contribution in [0.15, 0.2) is 0 Å². The minimum absolute atomic E-state index is 0.575. The predicted octanol–water partition coefficient (Wildman–Crippen LogP) is 9.10. The van der Waals surface area contributed by atoms with Crippen LogP contribution in [0, 0.1) is 21.7 Å². The van der Waals surface area contributed by atoms with Crippen LogP contribution in [-0.4, -0.2) is 158 Å². The molecule has 8 heterocycles. The van der Waals surface area contributed by atoms with Crippen LogP contribution in [0.25, 0.3) is 0 Å². The lowest BCUT2D eigenvalue weighted by atomic mass is 9.68. The van der Waals surface area contributed by atoms with Gasteiger partial charge in [0.25, 0.3) is 0 Å². The van der Waals surface area contributed by atoms with Gasteiger partial charge < -0.3 is 25.8 Å². The van der Waals surface area contributed by atoms with Crippen LogP contribution in [0.4, 0.5) is 0 Å². The van der Waals surface area contributed by atoms with Crippen molar-refractivity contribution >= 4 is 0 Å². The van der Waals surface area contributed by atoms with E-state index in [4.69, 9.17) is 0 Å². The summed E-state index contributed by atoms with van der Waals surface area (Å²) in [4.78, 5) is 13.0. The summed E-state index contributed by atoms with van der Waals surface area (Å²) in [5.41, 5.74) is 3.49. The van der Waals surface area contributed by atoms with Gasteiger partial charge in [0.1, 0.15) is 0 Å². The number of likely N-dealkylation sites (tertiary alicyclic amines) is 5. The van der Waals surface area contributed by atoms with Crippen molar-refractivity contribution < 1.29 is 0 Å². The summed E-state index contributed by atoms with van der Waals surface area (Å²) < 4.78 is 0. The second-order valence-electron chi connectivity index (χ2n) is 24.5. The second kappa shape index (κ2) is 22.4. The number of hydrogen-bond acceptors (Lipinski definition) is 8. The van der Waals surface area contributed by atoms with E-state index in [1.807, 2.05) is 0 Å². The Morgan fingerprint density at radius 2 is 0.705 bits per heavy atom. The van der Waals surface area contributed by atoms with Gasteiger partial charge in [-0.3, -0.25) is 14.7 Å². The van der Waals surface area contributed by atoms with Crippen LogP contribution in [0.2, 0.25) is 0 Å². The molecule has 8 nitrogen and oxygen atoms in total. The topological polar surface area (TPSA) is 52.3 Å². The van der Waals surface area contributed by atoms with E-state index in [9.17, 15) is 0 Å². The lowest BCUT2D eigenvalue weighted by Gasteiger charge is -2.54. The number of nitrogens with zero attached hydrogens (tertiary/aromatic N) is 5. The normalized spacial score (nSPS) is 29.2. The highest BCUT2D eigenvalue weighted by atomic mass is 15.3. The highest BCUT2D eigenvalue weighted by Crippen LogP contribution is 2.45. The smallest absolute Gasteiger partial charge is 0.0217 e. The third kappa shape index (κ3) is 13.6.